The first-order chi connectivity index (χ1) is 9.63. The van der Waals surface area contributed by atoms with Crippen molar-refractivity contribution < 1.29 is 9.53 Å². The van der Waals surface area contributed by atoms with Crippen molar-refractivity contribution in [2.75, 3.05) is 6.61 Å². The van der Waals surface area contributed by atoms with Gasteiger partial charge in [0.1, 0.15) is 5.75 Å². The van der Waals surface area contributed by atoms with Gasteiger partial charge in [-0.2, -0.15) is 0 Å². The van der Waals surface area contributed by atoms with Crippen LogP contribution in [0.4, 0.5) is 0 Å². The number of rotatable bonds is 6. The highest BCUT2D eigenvalue weighted by Gasteiger charge is 2.04. The molecule has 1 aromatic carbocycles. The SMILES string of the molecule is Cc1ccc(OCCC(=O)NCc2csc(C)n2)cc1. The lowest BCUT2D eigenvalue weighted by Crippen LogP contribution is -2.24. The van der Waals surface area contributed by atoms with Crippen LogP contribution in [0, 0.1) is 13.8 Å². The van der Waals surface area contributed by atoms with Gasteiger partial charge >= 0.3 is 0 Å². The second-order valence-electron chi connectivity index (χ2n) is 4.55. The van der Waals surface area contributed by atoms with Crippen molar-refractivity contribution in [1.29, 1.82) is 0 Å². The van der Waals surface area contributed by atoms with E-state index in [2.05, 4.69) is 10.3 Å². The van der Waals surface area contributed by atoms with Crippen LogP contribution >= 0.6 is 11.3 Å². The lowest BCUT2D eigenvalue weighted by Gasteiger charge is -2.06. The number of thiazole rings is 1. The van der Waals surface area contributed by atoms with Gasteiger partial charge in [0.2, 0.25) is 5.91 Å². The molecule has 0 aliphatic rings. The summed E-state index contributed by atoms with van der Waals surface area (Å²) in [4.78, 5) is 15.9. The molecular formula is C15H18N2O2S. The Bertz CT molecular complexity index is 564. The molecule has 0 aliphatic carbocycles. The van der Waals surface area contributed by atoms with E-state index in [1.54, 1.807) is 11.3 Å². The summed E-state index contributed by atoms with van der Waals surface area (Å²) in [6.07, 6.45) is 0.344. The second-order valence-corrected chi connectivity index (χ2v) is 5.61. The van der Waals surface area contributed by atoms with Gasteiger partial charge in [-0.3, -0.25) is 4.79 Å². The van der Waals surface area contributed by atoms with Gasteiger partial charge in [0, 0.05) is 5.38 Å². The standard InChI is InChI=1S/C15H18N2O2S/c1-11-3-5-14(6-4-11)19-8-7-15(18)16-9-13-10-20-12(2)17-13/h3-6,10H,7-9H2,1-2H3,(H,16,18). The summed E-state index contributed by atoms with van der Waals surface area (Å²) in [6, 6.07) is 7.79. The highest BCUT2D eigenvalue weighted by Crippen LogP contribution is 2.11. The molecule has 1 heterocycles. The number of hydrogen-bond acceptors (Lipinski definition) is 4. The fourth-order valence-electron chi connectivity index (χ4n) is 1.66. The van der Waals surface area contributed by atoms with E-state index >= 15 is 0 Å². The van der Waals surface area contributed by atoms with Gasteiger partial charge in [-0.15, -0.1) is 11.3 Å². The predicted octanol–water partition coefficient (Wildman–Crippen LogP) is 2.85. The first kappa shape index (κ1) is 14.5. The van der Waals surface area contributed by atoms with E-state index in [4.69, 9.17) is 4.74 Å². The second kappa shape index (κ2) is 7.05. The van der Waals surface area contributed by atoms with Crippen LogP contribution in [0.5, 0.6) is 5.75 Å². The first-order valence-corrected chi connectivity index (χ1v) is 7.38. The fraction of sp³-hybridized carbons (Fsp3) is 0.333. The molecule has 0 saturated carbocycles. The van der Waals surface area contributed by atoms with Gasteiger partial charge in [0.25, 0.3) is 0 Å². The minimum Gasteiger partial charge on any atom is -0.493 e. The molecule has 2 aromatic rings. The molecule has 20 heavy (non-hydrogen) atoms. The van der Waals surface area contributed by atoms with Crippen molar-refractivity contribution in [3.63, 3.8) is 0 Å². The van der Waals surface area contributed by atoms with E-state index in [0.717, 1.165) is 16.5 Å². The van der Waals surface area contributed by atoms with Crippen molar-refractivity contribution >= 4 is 17.2 Å². The maximum Gasteiger partial charge on any atom is 0.223 e. The molecule has 5 heteroatoms. The Morgan fingerprint density at radius 3 is 2.70 bits per heavy atom. The monoisotopic (exact) mass is 290 g/mol. The van der Waals surface area contributed by atoms with Crippen LogP contribution in [0.3, 0.4) is 0 Å². The third-order valence-corrected chi connectivity index (χ3v) is 3.57. The molecular weight excluding hydrogens is 272 g/mol. The number of aromatic nitrogens is 1. The summed E-state index contributed by atoms with van der Waals surface area (Å²) in [6.45, 7) is 4.83. The first-order valence-electron chi connectivity index (χ1n) is 6.50. The molecule has 0 spiro atoms. The van der Waals surface area contributed by atoms with E-state index in [1.807, 2.05) is 43.5 Å². The Balaban J connectivity index is 1.66. The molecule has 0 fully saturated rings. The lowest BCUT2D eigenvalue weighted by molar-refractivity contribution is -0.121. The molecule has 1 N–H and O–H groups in total. The molecule has 4 nitrogen and oxygen atoms in total. The van der Waals surface area contributed by atoms with Crippen LogP contribution in [0.1, 0.15) is 22.7 Å². The van der Waals surface area contributed by atoms with Crippen molar-refractivity contribution in [3.8, 4) is 5.75 Å². The highest BCUT2D eigenvalue weighted by molar-refractivity contribution is 7.09. The number of aryl methyl sites for hydroxylation is 2. The molecule has 1 aromatic heterocycles. The summed E-state index contributed by atoms with van der Waals surface area (Å²) in [5, 5.41) is 5.80. The summed E-state index contributed by atoms with van der Waals surface area (Å²) < 4.78 is 5.51. The fourth-order valence-corrected chi connectivity index (χ4v) is 2.28. The van der Waals surface area contributed by atoms with Crippen molar-refractivity contribution in [2.24, 2.45) is 0 Å². The van der Waals surface area contributed by atoms with Crippen molar-refractivity contribution in [3.05, 3.63) is 45.9 Å². The minimum absolute atomic E-state index is 0.0252. The average Bonchev–Trinajstić information content (AvgIpc) is 2.85. The number of benzene rings is 1. The Labute approximate surface area is 122 Å². The maximum atomic E-state index is 11.7. The molecule has 2 rings (SSSR count). The Morgan fingerprint density at radius 1 is 1.30 bits per heavy atom. The van der Waals surface area contributed by atoms with Crippen LogP contribution in [0.25, 0.3) is 0 Å². The Hall–Kier alpha value is -1.88. The molecule has 106 valence electrons. The van der Waals surface area contributed by atoms with Gasteiger partial charge in [-0.25, -0.2) is 4.98 Å². The smallest absolute Gasteiger partial charge is 0.223 e. The maximum absolute atomic E-state index is 11.7. The predicted molar refractivity (Wildman–Crippen MR) is 80.0 cm³/mol. The zero-order chi connectivity index (χ0) is 14.4. The molecule has 0 radical (unpaired) electrons. The number of carbonyl (C=O) groups is 1. The van der Waals surface area contributed by atoms with Crippen LogP contribution in [0.2, 0.25) is 0 Å². The number of ether oxygens (including phenoxy) is 1. The van der Waals surface area contributed by atoms with Gasteiger partial charge in [-0.05, 0) is 26.0 Å². The summed E-state index contributed by atoms with van der Waals surface area (Å²) >= 11 is 1.59. The van der Waals surface area contributed by atoms with E-state index in [9.17, 15) is 4.79 Å². The van der Waals surface area contributed by atoms with E-state index < -0.39 is 0 Å². The average molecular weight is 290 g/mol. The van der Waals surface area contributed by atoms with Crippen molar-refractivity contribution in [2.45, 2.75) is 26.8 Å². The van der Waals surface area contributed by atoms with E-state index in [-0.39, 0.29) is 5.91 Å². The number of nitrogens with one attached hydrogen (secondary N) is 1. The normalized spacial score (nSPS) is 10.3. The molecule has 0 unspecified atom stereocenters. The van der Waals surface area contributed by atoms with Gasteiger partial charge in [0.05, 0.1) is 30.3 Å². The lowest BCUT2D eigenvalue weighted by atomic mass is 10.2. The molecule has 0 atom stereocenters. The van der Waals surface area contributed by atoms with Crippen LogP contribution < -0.4 is 10.1 Å². The Kier molecular flexibility index (Phi) is 5.12. The van der Waals surface area contributed by atoms with Crippen LogP contribution in [0.15, 0.2) is 29.6 Å². The van der Waals surface area contributed by atoms with Crippen LogP contribution in [-0.4, -0.2) is 17.5 Å². The quantitative estimate of drug-likeness (QED) is 0.890. The van der Waals surface area contributed by atoms with Crippen LogP contribution in [-0.2, 0) is 11.3 Å². The van der Waals surface area contributed by atoms with Crippen molar-refractivity contribution in [1.82, 2.24) is 10.3 Å². The molecule has 0 aliphatic heterocycles. The molecule has 1 amide bonds. The summed E-state index contributed by atoms with van der Waals surface area (Å²) in [5.41, 5.74) is 2.09. The van der Waals surface area contributed by atoms with Gasteiger partial charge < -0.3 is 10.1 Å². The topological polar surface area (TPSA) is 51.2 Å². The minimum atomic E-state index is -0.0252. The summed E-state index contributed by atoms with van der Waals surface area (Å²) in [5.74, 6) is 0.765. The van der Waals surface area contributed by atoms with E-state index in [1.165, 1.54) is 5.56 Å². The largest absolute Gasteiger partial charge is 0.493 e. The zero-order valence-corrected chi connectivity index (χ0v) is 12.5. The zero-order valence-electron chi connectivity index (χ0n) is 11.7. The molecule has 0 bridgehead atoms. The summed E-state index contributed by atoms with van der Waals surface area (Å²) in [7, 11) is 0. The highest BCUT2D eigenvalue weighted by atomic mass is 32.1. The third-order valence-electron chi connectivity index (χ3n) is 2.75. The Morgan fingerprint density at radius 2 is 2.05 bits per heavy atom. The number of nitrogens with zero attached hydrogens (tertiary/aromatic N) is 1. The van der Waals surface area contributed by atoms with Gasteiger partial charge in [-0.1, -0.05) is 17.7 Å². The third kappa shape index (κ3) is 4.66. The van der Waals surface area contributed by atoms with Gasteiger partial charge in [0.15, 0.2) is 0 Å². The number of carbonyl (C=O) groups excluding carboxylic acids is 1. The molecule has 0 saturated heterocycles. The number of amides is 1. The van der Waals surface area contributed by atoms with E-state index in [0.29, 0.717) is 19.6 Å². The number of hydrogen-bond donors (Lipinski definition) is 1.